The Morgan fingerprint density at radius 3 is 2.60 bits per heavy atom. The van der Waals surface area contributed by atoms with Crippen molar-refractivity contribution in [1.82, 2.24) is 4.98 Å². The minimum absolute atomic E-state index is 0.277. The SMILES string of the molecule is CC(C)(C)[Si](C)(C)O[C@H]1CCC[C@H]1c1ccnc(Br)c1. The van der Waals surface area contributed by atoms with Crippen LogP contribution < -0.4 is 0 Å². The molecule has 1 aliphatic rings. The van der Waals surface area contributed by atoms with Gasteiger partial charge < -0.3 is 4.43 Å². The molecule has 0 aromatic carbocycles. The molecule has 2 rings (SSSR count). The Kier molecular flexibility index (Phi) is 4.77. The highest BCUT2D eigenvalue weighted by Gasteiger charge is 2.42. The van der Waals surface area contributed by atoms with Crippen LogP contribution in [0.5, 0.6) is 0 Å². The fourth-order valence-corrected chi connectivity index (χ4v) is 4.43. The van der Waals surface area contributed by atoms with Gasteiger partial charge in [0.2, 0.25) is 0 Å². The van der Waals surface area contributed by atoms with Crippen molar-refractivity contribution in [1.29, 1.82) is 0 Å². The molecule has 112 valence electrons. The zero-order valence-electron chi connectivity index (χ0n) is 13.2. The highest BCUT2D eigenvalue weighted by atomic mass is 79.9. The molecule has 2 atom stereocenters. The molecule has 0 unspecified atom stereocenters. The summed E-state index contributed by atoms with van der Waals surface area (Å²) in [6, 6.07) is 4.29. The van der Waals surface area contributed by atoms with E-state index >= 15 is 0 Å². The van der Waals surface area contributed by atoms with E-state index in [1.54, 1.807) is 0 Å². The van der Waals surface area contributed by atoms with Gasteiger partial charge in [-0.2, -0.15) is 0 Å². The topological polar surface area (TPSA) is 22.1 Å². The summed E-state index contributed by atoms with van der Waals surface area (Å²) in [5.74, 6) is 0.531. The third-order valence-electron chi connectivity index (χ3n) is 4.88. The molecule has 2 nitrogen and oxygen atoms in total. The van der Waals surface area contributed by atoms with Gasteiger partial charge in [-0.25, -0.2) is 4.98 Å². The van der Waals surface area contributed by atoms with E-state index < -0.39 is 8.32 Å². The Hall–Kier alpha value is -0.193. The monoisotopic (exact) mass is 355 g/mol. The van der Waals surface area contributed by atoms with Gasteiger partial charge in [-0.3, -0.25) is 0 Å². The van der Waals surface area contributed by atoms with E-state index in [-0.39, 0.29) is 5.04 Å². The first-order valence-corrected chi connectivity index (χ1v) is 11.2. The second kappa shape index (κ2) is 5.89. The van der Waals surface area contributed by atoms with Gasteiger partial charge in [-0.15, -0.1) is 0 Å². The van der Waals surface area contributed by atoms with Gasteiger partial charge in [0.25, 0.3) is 0 Å². The summed E-state index contributed by atoms with van der Waals surface area (Å²) in [5.41, 5.74) is 1.37. The van der Waals surface area contributed by atoms with E-state index in [4.69, 9.17) is 4.43 Å². The summed E-state index contributed by atoms with van der Waals surface area (Å²) in [5, 5.41) is 0.277. The van der Waals surface area contributed by atoms with Crippen LogP contribution in [-0.2, 0) is 4.43 Å². The second-order valence-electron chi connectivity index (χ2n) is 7.37. The van der Waals surface area contributed by atoms with Gasteiger partial charge in [-0.05, 0) is 64.6 Å². The molecule has 4 heteroatoms. The average Bonchev–Trinajstić information content (AvgIpc) is 2.74. The van der Waals surface area contributed by atoms with Crippen molar-refractivity contribution < 1.29 is 4.43 Å². The molecule has 1 aromatic rings. The molecule has 1 saturated carbocycles. The summed E-state index contributed by atoms with van der Waals surface area (Å²) >= 11 is 3.48. The third-order valence-corrected chi connectivity index (χ3v) is 9.82. The molecule has 20 heavy (non-hydrogen) atoms. The smallest absolute Gasteiger partial charge is 0.192 e. The normalized spacial score (nSPS) is 24.1. The fraction of sp³-hybridized carbons (Fsp3) is 0.688. The van der Waals surface area contributed by atoms with E-state index in [1.807, 2.05) is 6.20 Å². The summed E-state index contributed by atoms with van der Waals surface area (Å²) in [4.78, 5) is 4.23. The van der Waals surface area contributed by atoms with Crippen molar-refractivity contribution >= 4 is 24.2 Å². The lowest BCUT2D eigenvalue weighted by molar-refractivity contribution is 0.170. The quantitative estimate of drug-likeness (QED) is 0.527. The van der Waals surface area contributed by atoms with Gasteiger partial charge in [0.15, 0.2) is 8.32 Å². The first kappa shape index (κ1) is 16.2. The summed E-state index contributed by atoms with van der Waals surface area (Å²) < 4.78 is 7.60. The van der Waals surface area contributed by atoms with E-state index in [0.29, 0.717) is 12.0 Å². The number of nitrogens with zero attached hydrogens (tertiary/aromatic N) is 1. The van der Waals surface area contributed by atoms with Gasteiger partial charge >= 0.3 is 0 Å². The van der Waals surface area contributed by atoms with Crippen LogP contribution >= 0.6 is 15.9 Å². The maximum atomic E-state index is 6.67. The zero-order valence-corrected chi connectivity index (χ0v) is 15.8. The Labute approximate surface area is 132 Å². The van der Waals surface area contributed by atoms with Crippen molar-refractivity contribution in [2.45, 2.75) is 70.2 Å². The van der Waals surface area contributed by atoms with E-state index in [9.17, 15) is 0 Å². The molecule has 0 bridgehead atoms. The van der Waals surface area contributed by atoms with Gasteiger partial charge in [0.05, 0.1) is 6.10 Å². The van der Waals surface area contributed by atoms with Crippen LogP contribution in [-0.4, -0.2) is 19.4 Å². The summed E-state index contributed by atoms with van der Waals surface area (Å²) in [6.07, 6.45) is 5.96. The Bertz CT molecular complexity index is 470. The molecule has 1 fully saturated rings. The number of rotatable bonds is 3. The lowest BCUT2D eigenvalue weighted by atomic mass is 9.97. The Morgan fingerprint density at radius 1 is 1.30 bits per heavy atom. The molecule has 0 saturated heterocycles. The highest BCUT2D eigenvalue weighted by molar-refractivity contribution is 9.10. The Balaban J connectivity index is 2.16. The number of hydrogen-bond acceptors (Lipinski definition) is 2. The molecule has 1 aliphatic carbocycles. The van der Waals surface area contributed by atoms with Crippen LogP contribution in [0.2, 0.25) is 18.1 Å². The second-order valence-corrected chi connectivity index (χ2v) is 12.9. The Morgan fingerprint density at radius 2 is 2.00 bits per heavy atom. The zero-order chi connectivity index (χ0) is 15.0. The maximum Gasteiger partial charge on any atom is 0.192 e. The molecular weight excluding hydrogens is 330 g/mol. The molecule has 0 N–H and O–H groups in total. The third kappa shape index (κ3) is 3.52. The van der Waals surface area contributed by atoms with Crippen molar-refractivity contribution in [3.05, 3.63) is 28.5 Å². The average molecular weight is 356 g/mol. The molecule has 0 radical (unpaired) electrons. The molecule has 0 amide bonds. The van der Waals surface area contributed by atoms with E-state index in [2.05, 4.69) is 66.9 Å². The van der Waals surface area contributed by atoms with Crippen molar-refractivity contribution in [2.75, 3.05) is 0 Å². The predicted octanol–water partition coefficient (Wildman–Crippen LogP) is 5.50. The van der Waals surface area contributed by atoms with Crippen molar-refractivity contribution in [3.63, 3.8) is 0 Å². The molecular formula is C16H26BrNOSi. The van der Waals surface area contributed by atoms with Crippen LogP contribution in [0.25, 0.3) is 0 Å². The van der Waals surface area contributed by atoms with Crippen LogP contribution in [0.3, 0.4) is 0 Å². The number of aromatic nitrogens is 1. The molecule has 0 aliphatic heterocycles. The largest absolute Gasteiger partial charge is 0.413 e. The van der Waals surface area contributed by atoms with Crippen molar-refractivity contribution in [3.8, 4) is 0 Å². The standard InChI is InChI=1S/C16H26BrNOSi/c1-16(2,3)20(4,5)19-14-8-6-7-13(14)12-9-10-18-15(17)11-12/h9-11,13-14H,6-8H2,1-5H3/t13-,14-/m0/s1. The van der Waals surface area contributed by atoms with Crippen LogP contribution in [0, 0.1) is 0 Å². The van der Waals surface area contributed by atoms with Crippen molar-refractivity contribution in [2.24, 2.45) is 0 Å². The number of hydrogen-bond donors (Lipinski definition) is 0. The minimum Gasteiger partial charge on any atom is -0.413 e. The lowest BCUT2D eigenvalue weighted by Gasteiger charge is -2.40. The summed E-state index contributed by atoms with van der Waals surface area (Å²) in [7, 11) is -1.69. The lowest BCUT2D eigenvalue weighted by Crippen LogP contribution is -2.44. The minimum atomic E-state index is -1.69. The van der Waals surface area contributed by atoms with Gasteiger partial charge in [0.1, 0.15) is 4.60 Å². The van der Waals surface area contributed by atoms with Crippen LogP contribution in [0.15, 0.2) is 22.9 Å². The molecule has 1 heterocycles. The molecule has 1 aromatic heterocycles. The fourth-order valence-electron chi connectivity index (χ4n) is 2.65. The van der Waals surface area contributed by atoms with E-state index in [0.717, 1.165) is 4.60 Å². The first-order valence-electron chi connectivity index (χ1n) is 7.50. The molecule has 0 spiro atoms. The van der Waals surface area contributed by atoms with E-state index in [1.165, 1.54) is 24.8 Å². The highest BCUT2D eigenvalue weighted by Crippen LogP contribution is 2.43. The number of pyridine rings is 1. The first-order chi connectivity index (χ1) is 9.21. The van der Waals surface area contributed by atoms with Gasteiger partial charge in [-0.1, -0.05) is 27.2 Å². The number of halogens is 1. The maximum absolute atomic E-state index is 6.67. The van der Waals surface area contributed by atoms with Crippen LogP contribution in [0.1, 0.15) is 51.5 Å². The van der Waals surface area contributed by atoms with Crippen LogP contribution in [0.4, 0.5) is 0 Å². The predicted molar refractivity (Wildman–Crippen MR) is 90.6 cm³/mol. The van der Waals surface area contributed by atoms with Gasteiger partial charge in [0, 0.05) is 12.1 Å². The summed E-state index contributed by atoms with van der Waals surface area (Å²) in [6.45, 7) is 11.6.